The summed E-state index contributed by atoms with van der Waals surface area (Å²) in [6.45, 7) is 0.366. The summed E-state index contributed by atoms with van der Waals surface area (Å²) in [5, 5.41) is 15.8. The molecule has 0 aliphatic heterocycles. The van der Waals surface area contributed by atoms with Crippen LogP contribution >= 0.6 is 0 Å². The lowest BCUT2D eigenvalue weighted by molar-refractivity contribution is 0.628. The summed E-state index contributed by atoms with van der Waals surface area (Å²) in [4.78, 5) is 17.2. The molecule has 2 aromatic carbocycles. The van der Waals surface area contributed by atoms with Crippen LogP contribution in [0.5, 0.6) is 0 Å². The molecule has 4 aromatic rings. The molecule has 0 aliphatic rings. The Morgan fingerprint density at radius 2 is 1.43 bits per heavy atom. The van der Waals surface area contributed by atoms with Crippen LogP contribution in [0.4, 0.5) is 33.6 Å². The van der Waals surface area contributed by atoms with Crippen molar-refractivity contribution in [3.63, 3.8) is 0 Å². The molecule has 2 aromatic heterocycles. The van der Waals surface area contributed by atoms with Gasteiger partial charge in [0.2, 0.25) is 17.8 Å². The lowest BCUT2D eigenvalue weighted by Crippen LogP contribution is -2.10. The van der Waals surface area contributed by atoms with Gasteiger partial charge in [-0.2, -0.15) is 20.1 Å². The first kappa shape index (κ1) is 17.3. The minimum atomic E-state index is -0.318. The standard InChI is InChI=1S/C18H16FN9/c19-12-6-8-14(9-7-12)24-18-26-16(20-10-15-21-11-22-28-15)25-17(27-18)23-13-4-2-1-3-5-13/h1-9,11H,10H2,(H,21,22,28)(H3,20,23,24,25,26,27). The first-order chi connectivity index (χ1) is 13.7. The molecule has 0 unspecified atom stereocenters. The number of anilines is 5. The number of nitrogens with zero attached hydrogens (tertiary/aromatic N) is 5. The van der Waals surface area contributed by atoms with Crippen molar-refractivity contribution in [3.8, 4) is 0 Å². The van der Waals surface area contributed by atoms with Crippen molar-refractivity contribution in [2.75, 3.05) is 16.0 Å². The van der Waals surface area contributed by atoms with Gasteiger partial charge in [-0.1, -0.05) is 18.2 Å². The van der Waals surface area contributed by atoms with E-state index in [1.807, 2.05) is 30.3 Å². The molecule has 4 rings (SSSR count). The summed E-state index contributed by atoms with van der Waals surface area (Å²) < 4.78 is 13.1. The zero-order chi connectivity index (χ0) is 19.2. The zero-order valence-electron chi connectivity index (χ0n) is 14.6. The van der Waals surface area contributed by atoms with Crippen LogP contribution in [-0.4, -0.2) is 30.1 Å². The number of halogens is 1. The number of benzene rings is 2. The Morgan fingerprint density at radius 1 is 0.786 bits per heavy atom. The van der Waals surface area contributed by atoms with Crippen molar-refractivity contribution in [2.45, 2.75) is 6.54 Å². The van der Waals surface area contributed by atoms with Crippen molar-refractivity contribution in [2.24, 2.45) is 0 Å². The highest BCUT2D eigenvalue weighted by Crippen LogP contribution is 2.19. The van der Waals surface area contributed by atoms with Gasteiger partial charge in [0.05, 0.1) is 6.54 Å². The van der Waals surface area contributed by atoms with E-state index in [-0.39, 0.29) is 5.82 Å². The number of aromatic nitrogens is 6. The molecule has 0 radical (unpaired) electrons. The van der Waals surface area contributed by atoms with Crippen molar-refractivity contribution in [1.29, 1.82) is 0 Å². The van der Waals surface area contributed by atoms with Crippen LogP contribution in [0.25, 0.3) is 0 Å². The molecule has 0 bridgehead atoms. The third-order valence-electron chi connectivity index (χ3n) is 3.64. The lowest BCUT2D eigenvalue weighted by atomic mass is 10.3. The molecule has 0 atom stereocenters. The summed E-state index contributed by atoms with van der Waals surface area (Å²) in [6, 6.07) is 15.5. The quantitative estimate of drug-likeness (QED) is 0.388. The van der Waals surface area contributed by atoms with Crippen LogP contribution < -0.4 is 16.0 Å². The molecule has 0 saturated carbocycles. The van der Waals surface area contributed by atoms with Crippen molar-refractivity contribution < 1.29 is 4.39 Å². The minimum absolute atomic E-state index is 0.306. The maximum absolute atomic E-state index is 13.1. The van der Waals surface area contributed by atoms with Gasteiger partial charge in [0.15, 0.2) is 0 Å². The van der Waals surface area contributed by atoms with E-state index in [1.165, 1.54) is 18.5 Å². The predicted octanol–water partition coefficient (Wildman–Crippen LogP) is 3.23. The molecule has 9 nitrogen and oxygen atoms in total. The highest BCUT2D eigenvalue weighted by Gasteiger charge is 2.08. The SMILES string of the molecule is Fc1ccc(Nc2nc(NCc3ncn[nH]3)nc(Nc3ccccc3)n2)cc1. The second-order valence-corrected chi connectivity index (χ2v) is 5.71. The molecule has 0 saturated heterocycles. The van der Waals surface area contributed by atoms with Crippen LogP contribution in [0.3, 0.4) is 0 Å². The van der Waals surface area contributed by atoms with Gasteiger partial charge in [-0.25, -0.2) is 9.37 Å². The Morgan fingerprint density at radius 3 is 2.07 bits per heavy atom. The Kier molecular flexibility index (Phi) is 5.00. The fourth-order valence-corrected chi connectivity index (χ4v) is 2.36. The van der Waals surface area contributed by atoms with Crippen molar-refractivity contribution in [1.82, 2.24) is 30.1 Å². The average Bonchev–Trinajstić information content (AvgIpc) is 3.23. The summed E-state index contributed by atoms with van der Waals surface area (Å²) in [5.74, 6) is 1.33. The molecule has 2 heterocycles. The first-order valence-electron chi connectivity index (χ1n) is 8.43. The largest absolute Gasteiger partial charge is 0.347 e. The Hall–Kier alpha value is -4.08. The monoisotopic (exact) mass is 377 g/mol. The zero-order valence-corrected chi connectivity index (χ0v) is 14.6. The number of hydrogen-bond donors (Lipinski definition) is 4. The Bertz CT molecular complexity index is 1020. The molecule has 0 aliphatic carbocycles. The van der Waals surface area contributed by atoms with E-state index in [0.29, 0.717) is 35.9 Å². The highest BCUT2D eigenvalue weighted by molar-refractivity contribution is 5.59. The van der Waals surface area contributed by atoms with Crippen molar-refractivity contribution in [3.05, 3.63) is 72.6 Å². The summed E-state index contributed by atoms with van der Waals surface area (Å²) in [7, 11) is 0. The van der Waals surface area contributed by atoms with Crippen LogP contribution in [0.15, 0.2) is 60.9 Å². The van der Waals surface area contributed by atoms with E-state index < -0.39 is 0 Å². The summed E-state index contributed by atoms with van der Waals surface area (Å²) >= 11 is 0. The molecule has 4 N–H and O–H groups in total. The second kappa shape index (κ2) is 8.08. The van der Waals surface area contributed by atoms with Gasteiger partial charge in [0.25, 0.3) is 0 Å². The van der Waals surface area contributed by atoms with Gasteiger partial charge in [-0.15, -0.1) is 0 Å². The van der Waals surface area contributed by atoms with Crippen LogP contribution in [-0.2, 0) is 6.54 Å². The number of hydrogen-bond acceptors (Lipinski definition) is 8. The van der Waals surface area contributed by atoms with E-state index in [9.17, 15) is 4.39 Å². The molecular weight excluding hydrogens is 361 g/mol. The molecule has 0 spiro atoms. The number of H-pyrrole nitrogens is 1. The fourth-order valence-electron chi connectivity index (χ4n) is 2.36. The molecular formula is C18H16FN9. The fraction of sp³-hybridized carbons (Fsp3) is 0.0556. The lowest BCUT2D eigenvalue weighted by Gasteiger charge is -2.11. The van der Waals surface area contributed by atoms with Gasteiger partial charge < -0.3 is 16.0 Å². The number of nitrogens with one attached hydrogen (secondary N) is 4. The van der Waals surface area contributed by atoms with Crippen molar-refractivity contribution >= 4 is 29.2 Å². The van der Waals surface area contributed by atoms with E-state index in [0.717, 1.165) is 5.69 Å². The molecule has 28 heavy (non-hydrogen) atoms. The predicted molar refractivity (Wildman–Crippen MR) is 103 cm³/mol. The molecule has 140 valence electrons. The van der Waals surface area contributed by atoms with E-state index in [2.05, 4.69) is 46.1 Å². The Labute approximate surface area is 159 Å². The number of rotatable bonds is 7. The van der Waals surface area contributed by atoms with Gasteiger partial charge >= 0.3 is 0 Å². The van der Waals surface area contributed by atoms with Crippen LogP contribution in [0, 0.1) is 5.82 Å². The normalized spacial score (nSPS) is 10.5. The van der Waals surface area contributed by atoms with E-state index in [4.69, 9.17) is 0 Å². The second-order valence-electron chi connectivity index (χ2n) is 5.71. The molecule has 10 heteroatoms. The van der Waals surface area contributed by atoms with Gasteiger partial charge in [-0.3, -0.25) is 5.10 Å². The van der Waals surface area contributed by atoms with E-state index >= 15 is 0 Å². The molecule has 0 fully saturated rings. The number of aromatic amines is 1. The minimum Gasteiger partial charge on any atom is -0.347 e. The van der Waals surface area contributed by atoms with Crippen LogP contribution in [0.2, 0.25) is 0 Å². The first-order valence-corrected chi connectivity index (χ1v) is 8.43. The van der Waals surface area contributed by atoms with E-state index in [1.54, 1.807) is 12.1 Å². The van der Waals surface area contributed by atoms with Crippen LogP contribution in [0.1, 0.15) is 5.82 Å². The summed E-state index contributed by atoms with van der Waals surface area (Å²) in [5.41, 5.74) is 1.49. The third-order valence-corrected chi connectivity index (χ3v) is 3.64. The van der Waals surface area contributed by atoms with Gasteiger partial charge in [-0.05, 0) is 36.4 Å². The maximum atomic E-state index is 13.1. The topological polar surface area (TPSA) is 116 Å². The summed E-state index contributed by atoms with van der Waals surface area (Å²) in [6.07, 6.45) is 1.42. The molecule has 0 amide bonds. The highest BCUT2D eigenvalue weighted by atomic mass is 19.1. The smallest absolute Gasteiger partial charge is 0.233 e. The van der Waals surface area contributed by atoms with Gasteiger partial charge in [0.1, 0.15) is 18.0 Å². The maximum Gasteiger partial charge on any atom is 0.233 e. The third kappa shape index (κ3) is 4.55. The van der Waals surface area contributed by atoms with Gasteiger partial charge in [0, 0.05) is 11.4 Å². The number of para-hydroxylation sites is 1. The Balaban J connectivity index is 1.58. The average molecular weight is 377 g/mol.